The van der Waals surface area contributed by atoms with Crippen LogP contribution in [0.2, 0.25) is 0 Å². The molecular weight excluding hydrogens is 534 g/mol. The molecule has 9 heteroatoms. The van der Waals surface area contributed by atoms with Crippen LogP contribution >= 0.6 is 0 Å². The van der Waals surface area contributed by atoms with Gasteiger partial charge in [-0.3, -0.25) is 9.59 Å². The summed E-state index contributed by atoms with van der Waals surface area (Å²) in [7, 11) is 3.15. The zero-order valence-corrected chi connectivity index (χ0v) is 23.0. The number of carbonyl (C=O) groups is 2. The Morgan fingerprint density at radius 3 is 2.55 bits per heavy atom. The number of allylic oxidation sites excluding steroid dienone is 4. The fourth-order valence-electron chi connectivity index (χ4n) is 4.24. The van der Waals surface area contributed by atoms with Crippen molar-refractivity contribution in [2.45, 2.75) is 0 Å². The Morgan fingerprint density at radius 1 is 0.881 bits per heavy atom. The van der Waals surface area contributed by atoms with Crippen LogP contribution in [0.5, 0.6) is 17.2 Å². The predicted molar refractivity (Wildman–Crippen MR) is 159 cm³/mol. The first kappa shape index (κ1) is 28.1. The highest BCUT2D eigenvalue weighted by molar-refractivity contribution is 6.34. The van der Waals surface area contributed by atoms with E-state index < -0.39 is 0 Å². The van der Waals surface area contributed by atoms with Crippen molar-refractivity contribution in [1.82, 2.24) is 9.97 Å². The molecule has 0 bridgehead atoms. The molecule has 210 valence electrons. The molecule has 3 aromatic carbocycles. The van der Waals surface area contributed by atoms with Crippen LogP contribution in [-0.4, -0.2) is 55.6 Å². The third-order valence-electron chi connectivity index (χ3n) is 6.27. The summed E-state index contributed by atoms with van der Waals surface area (Å²) in [6.07, 6.45) is 5.24. The Balaban J connectivity index is 1.48. The average Bonchev–Trinajstić information content (AvgIpc) is 3.01. The molecule has 0 amide bonds. The number of ether oxygens (including phenoxy) is 4. The Hall–Kier alpha value is -5.46. The van der Waals surface area contributed by atoms with Gasteiger partial charge >= 0.3 is 0 Å². The molecule has 1 aliphatic rings. The van der Waals surface area contributed by atoms with Gasteiger partial charge in [0.25, 0.3) is 0 Å². The van der Waals surface area contributed by atoms with Crippen LogP contribution in [-0.2, 0) is 14.3 Å². The number of benzene rings is 3. The number of anilines is 2. The minimum Gasteiger partial charge on any atom is -0.493 e. The van der Waals surface area contributed by atoms with Crippen molar-refractivity contribution < 1.29 is 28.5 Å². The molecule has 0 saturated carbocycles. The fourth-order valence-corrected chi connectivity index (χ4v) is 4.24. The molecule has 0 saturated heterocycles. The molecule has 0 unspecified atom stereocenters. The lowest BCUT2D eigenvalue weighted by Gasteiger charge is -2.17. The van der Waals surface area contributed by atoms with E-state index in [2.05, 4.69) is 27.1 Å². The summed E-state index contributed by atoms with van der Waals surface area (Å²) in [5.41, 5.74) is 2.75. The van der Waals surface area contributed by atoms with Crippen LogP contribution in [0.1, 0.15) is 11.1 Å². The molecule has 0 spiro atoms. The molecule has 4 aromatic rings. The molecular formula is C33H27N3O6. The van der Waals surface area contributed by atoms with Crippen molar-refractivity contribution in [3.8, 4) is 29.1 Å². The van der Waals surface area contributed by atoms with E-state index in [4.69, 9.17) is 18.9 Å². The van der Waals surface area contributed by atoms with Gasteiger partial charge in [-0.15, -0.1) is 0 Å². The van der Waals surface area contributed by atoms with Crippen LogP contribution in [0.4, 0.5) is 11.5 Å². The lowest BCUT2D eigenvalue weighted by molar-refractivity contribution is -0.113. The van der Waals surface area contributed by atoms with E-state index in [1.165, 1.54) is 24.6 Å². The SMILES string of the molecule is COCCOc1cc2ncnc(Nc3ccc(OCC#Cc4ccccc4)cc3C3=CC(=O)C=CC3=O)c2cc1OC. The summed E-state index contributed by atoms with van der Waals surface area (Å²) < 4.78 is 22.3. The molecule has 1 N–H and O–H groups in total. The standard InChI is InChI=1S/C33H27N3O6/c1-39-15-16-42-32-20-29-27(19-31(32)40-2)33(35-21-34-29)36-28-12-11-24(41-14-6-9-22-7-4-3-5-8-22)18-25(28)26-17-23(37)10-13-30(26)38/h3-5,7-8,10-13,17-21H,14-16H2,1-2H3,(H,34,35,36). The summed E-state index contributed by atoms with van der Waals surface area (Å²) in [6, 6.07) is 18.4. The third kappa shape index (κ3) is 6.63. The molecule has 0 aliphatic heterocycles. The van der Waals surface area contributed by atoms with Gasteiger partial charge < -0.3 is 24.3 Å². The second kappa shape index (κ2) is 13.3. The first-order chi connectivity index (χ1) is 20.6. The molecule has 0 radical (unpaired) electrons. The van der Waals surface area contributed by atoms with E-state index in [-0.39, 0.29) is 23.7 Å². The largest absolute Gasteiger partial charge is 0.493 e. The second-order valence-electron chi connectivity index (χ2n) is 9.03. The summed E-state index contributed by atoms with van der Waals surface area (Å²) in [5, 5.41) is 3.97. The van der Waals surface area contributed by atoms with Crippen LogP contribution in [0, 0.1) is 11.8 Å². The predicted octanol–water partition coefficient (Wildman–Crippen LogP) is 4.93. The van der Waals surface area contributed by atoms with Crippen molar-refractivity contribution in [3.63, 3.8) is 0 Å². The topological polar surface area (TPSA) is 109 Å². The number of ketones is 2. The molecule has 0 atom stereocenters. The maximum atomic E-state index is 12.9. The molecule has 1 aromatic heterocycles. The minimum absolute atomic E-state index is 0.137. The van der Waals surface area contributed by atoms with Crippen LogP contribution in [0.15, 0.2) is 85.2 Å². The Morgan fingerprint density at radius 2 is 1.74 bits per heavy atom. The van der Waals surface area contributed by atoms with E-state index in [1.54, 1.807) is 44.6 Å². The Labute approximate surface area is 242 Å². The molecule has 0 fully saturated rings. The molecule has 5 rings (SSSR count). The number of nitrogens with one attached hydrogen (secondary N) is 1. The normalized spacial score (nSPS) is 12.4. The Bertz CT molecular complexity index is 1750. The van der Waals surface area contributed by atoms with Gasteiger partial charge in [-0.2, -0.15) is 0 Å². The molecule has 1 heterocycles. The van der Waals surface area contributed by atoms with Gasteiger partial charge in [0.15, 0.2) is 23.1 Å². The Kier molecular flexibility index (Phi) is 8.87. The van der Waals surface area contributed by atoms with Crippen molar-refractivity contribution in [2.75, 3.05) is 39.4 Å². The zero-order chi connectivity index (χ0) is 29.3. The highest BCUT2D eigenvalue weighted by Gasteiger charge is 2.20. The smallest absolute Gasteiger partial charge is 0.186 e. The summed E-state index contributed by atoms with van der Waals surface area (Å²) >= 11 is 0. The molecule has 9 nitrogen and oxygen atoms in total. The first-order valence-electron chi connectivity index (χ1n) is 13.1. The molecule has 1 aliphatic carbocycles. The highest BCUT2D eigenvalue weighted by Crippen LogP contribution is 2.37. The van der Waals surface area contributed by atoms with Crippen LogP contribution in [0.25, 0.3) is 16.5 Å². The molecule has 42 heavy (non-hydrogen) atoms. The third-order valence-corrected chi connectivity index (χ3v) is 6.27. The summed E-state index contributed by atoms with van der Waals surface area (Å²) in [6.45, 7) is 0.907. The number of methoxy groups -OCH3 is 2. The fraction of sp³-hybridized carbons (Fsp3) is 0.152. The summed E-state index contributed by atoms with van der Waals surface area (Å²) in [4.78, 5) is 33.9. The number of hydrogen-bond acceptors (Lipinski definition) is 9. The number of hydrogen-bond donors (Lipinski definition) is 1. The van der Waals surface area contributed by atoms with Crippen molar-refractivity contribution >= 4 is 39.5 Å². The number of fused-ring (bicyclic) bond motifs is 1. The van der Waals surface area contributed by atoms with Crippen LogP contribution in [0.3, 0.4) is 0 Å². The maximum absolute atomic E-state index is 12.9. The van der Waals surface area contributed by atoms with E-state index in [0.717, 1.165) is 5.56 Å². The quantitative estimate of drug-likeness (QED) is 0.164. The lowest BCUT2D eigenvalue weighted by atomic mass is 9.94. The zero-order valence-electron chi connectivity index (χ0n) is 23.0. The van der Waals surface area contributed by atoms with Gasteiger partial charge in [-0.1, -0.05) is 30.0 Å². The van der Waals surface area contributed by atoms with Gasteiger partial charge in [-0.25, -0.2) is 9.97 Å². The number of rotatable bonds is 10. The van der Waals surface area contributed by atoms with Gasteiger partial charge in [0.05, 0.1) is 19.2 Å². The monoisotopic (exact) mass is 561 g/mol. The van der Waals surface area contributed by atoms with Crippen molar-refractivity contribution in [1.29, 1.82) is 0 Å². The van der Waals surface area contributed by atoms with E-state index in [0.29, 0.717) is 58.4 Å². The lowest BCUT2D eigenvalue weighted by Crippen LogP contribution is -2.09. The maximum Gasteiger partial charge on any atom is 0.186 e. The average molecular weight is 562 g/mol. The van der Waals surface area contributed by atoms with Gasteiger partial charge in [0, 0.05) is 40.9 Å². The summed E-state index contributed by atoms with van der Waals surface area (Å²) in [5.74, 6) is 7.43. The first-order valence-corrected chi connectivity index (χ1v) is 13.1. The van der Waals surface area contributed by atoms with Crippen molar-refractivity contribution in [2.24, 2.45) is 0 Å². The van der Waals surface area contributed by atoms with Gasteiger partial charge in [-0.05, 0) is 54.6 Å². The van der Waals surface area contributed by atoms with Gasteiger partial charge in [0.2, 0.25) is 0 Å². The van der Waals surface area contributed by atoms with E-state index in [9.17, 15) is 9.59 Å². The number of carbonyl (C=O) groups excluding carboxylic acids is 2. The second-order valence-corrected chi connectivity index (χ2v) is 9.03. The van der Waals surface area contributed by atoms with Crippen molar-refractivity contribution in [3.05, 3.63) is 96.3 Å². The highest BCUT2D eigenvalue weighted by atomic mass is 16.5. The van der Waals surface area contributed by atoms with Gasteiger partial charge in [0.1, 0.15) is 31.1 Å². The van der Waals surface area contributed by atoms with E-state index in [1.807, 2.05) is 30.3 Å². The number of nitrogens with zero attached hydrogens (tertiary/aromatic N) is 2. The van der Waals surface area contributed by atoms with E-state index >= 15 is 0 Å². The number of aromatic nitrogens is 2. The minimum atomic E-state index is -0.300. The van der Waals surface area contributed by atoms with Crippen LogP contribution < -0.4 is 19.5 Å².